The van der Waals surface area contributed by atoms with Crippen LogP contribution in [0.4, 0.5) is 5.82 Å². The molecule has 3 aromatic carbocycles. The highest BCUT2D eigenvalue weighted by molar-refractivity contribution is 7.92. The normalized spacial score (nSPS) is 21.0. The van der Waals surface area contributed by atoms with Crippen molar-refractivity contribution in [3.05, 3.63) is 95.6 Å². The summed E-state index contributed by atoms with van der Waals surface area (Å²) in [5.41, 5.74) is 3.81. The van der Waals surface area contributed by atoms with Gasteiger partial charge >= 0.3 is 0 Å². The van der Waals surface area contributed by atoms with Gasteiger partial charge in [-0.2, -0.15) is 0 Å². The van der Waals surface area contributed by atoms with E-state index in [0.29, 0.717) is 12.2 Å². The molecule has 5 nitrogen and oxygen atoms in total. The maximum Gasteiger partial charge on any atom is 0.267 e. The Bertz CT molecular complexity index is 1360. The number of aromatic amines is 1. The molecule has 0 bridgehead atoms. The molecule has 1 aromatic heterocycles. The van der Waals surface area contributed by atoms with Gasteiger partial charge < -0.3 is 10.1 Å². The fraction of sp³-hybridized carbons (Fsp3) is 0.231. The molecule has 1 aliphatic heterocycles. The summed E-state index contributed by atoms with van der Waals surface area (Å²) in [5.74, 6) is 0.00831. The third-order valence-electron chi connectivity index (χ3n) is 6.52. The zero-order chi connectivity index (χ0) is 22.5. The molecule has 0 saturated carbocycles. The number of H-pyrrole nitrogens is 1. The van der Waals surface area contributed by atoms with E-state index in [1.165, 1.54) is 4.31 Å². The van der Waals surface area contributed by atoms with Gasteiger partial charge in [-0.1, -0.05) is 73.2 Å². The van der Waals surface area contributed by atoms with Crippen molar-refractivity contribution in [3.63, 3.8) is 0 Å². The molecular weight excluding hydrogens is 420 g/mol. The number of aliphatic hydroxyl groups is 1. The lowest BCUT2D eigenvalue weighted by atomic mass is 9.76. The first-order valence-corrected chi connectivity index (χ1v) is 12.3. The molecule has 1 aliphatic rings. The van der Waals surface area contributed by atoms with Crippen molar-refractivity contribution >= 4 is 26.7 Å². The Labute approximate surface area is 188 Å². The molecule has 164 valence electrons. The summed E-state index contributed by atoms with van der Waals surface area (Å²) in [6.45, 7) is 3.92. The van der Waals surface area contributed by atoms with Gasteiger partial charge in [0.05, 0.1) is 4.90 Å². The van der Waals surface area contributed by atoms with Crippen LogP contribution in [0.15, 0.2) is 83.8 Å². The monoisotopic (exact) mass is 446 g/mol. The lowest BCUT2D eigenvalue weighted by Crippen LogP contribution is -2.50. The van der Waals surface area contributed by atoms with Crippen LogP contribution in [0.1, 0.15) is 36.0 Å². The summed E-state index contributed by atoms with van der Waals surface area (Å²) in [7, 11) is -3.99. The average Bonchev–Trinajstić information content (AvgIpc) is 3.17. The van der Waals surface area contributed by atoms with Crippen molar-refractivity contribution in [1.82, 2.24) is 4.98 Å². The highest BCUT2D eigenvalue weighted by Gasteiger charge is 2.47. The minimum atomic E-state index is -3.99. The standard InChI is InChI=1S/C26H26N2O3S/c1-3-20-23(18-9-5-4-6-10-18)24-21-11-7-8-12-22(21)27-25(24)28(26(20)29)32(30,31)19-15-13-17(2)14-16-19/h4-16,20,23,26-27,29H,3H2,1-2H3/t20-,23-,26-/m1/s1. The van der Waals surface area contributed by atoms with Gasteiger partial charge in [0.1, 0.15) is 12.0 Å². The smallest absolute Gasteiger partial charge is 0.267 e. The zero-order valence-corrected chi connectivity index (χ0v) is 18.9. The largest absolute Gasteiger partial charge is 0.372 e. The van der Waals surface area contributed by atoms with Crippen molar-refractivity contribution in [1.29, 1.82) is 0 Å². The number of anilines is 1. The lowest BCUT2D eigenvalue weighted by Gasteiger charge is -2.42. The number of para-hydroxylation sites is 1. The Morgan fingerprint density at radius 3 is 2.28 bits per heavy atom. The first-order chi connectivity index (χ1) is 15.4. The molecule has 0 aliphatic carbocycles. The van der Waals surface area contributed by atoms with E-state index < -0.39 is 16.3 Å². The number of aromatic nitrogens is 1. The third kappa shape index (κ3) is 3.14. The molecule has 0 saturated heterocycles. The van der Waals surface area contributed by atoms with Gasteiger partial charge in [-0.25, -0.2) is 12.7 Å². The van der Waals surface area contributed by atoms with E-state index in [-0.39, 0.29) is 16.7 Å². The minimum absolute atomic E-state index is 0.133. The Morgan fingerprint density at radius 2 is 1.59 bits per heavy atom. The Morgan fingerprint density at radius 1 is 0.938 bits per heavy atom. The summed E-state index contributed by atoms with van der Waals surface area (Å²) in [4.78, 5) is 3.48. The van der Waals surface area contributed by atoms with Crippen LogP contribution in [0.25, 0.3) is 10.9 Å². The fourth-order valence-corrected chi connectivity index (χ4v) is 6.47. The number of hydrogen-bond donors (Lipinski definition) is 2. The van der Waals surface area contributed by atoms with Crippen LogP contribution in [0.3, 0.4) is 0 Å². The second-order valence-electron chi connectivity index (χ2n) is 8.42. The SMILES string of the molecule is CC[C@@H]1[C@@H](c2ccccc2)c2c([nH]c3ccccc23)N(S(=O)(=O)c2ccc(C)cc2)[C@@H]1O. The van der Waals surface area contributed by atoms with Gasteiger partial charge in [-0.05, 0) is 37.1 Å². The van der Waals surface area contributed by atoms with Gasteiger partial charge in [0.15, 0.2) is 0 Å². The summed E-state index contributed by atoms with van der Waals surface area (Å²) >= 11 is 0. The van der Waals surface area contributed by atoms with Crippen LogP contribution >= 0.6 is 0 Å². The molecule has 3 atom stereocenters. The maximum atomic E-state index is 13.8. The van der Waals surface area contributed by atoms with Gasteiger partial charge in [-0.3, -0.25) is 0 Å². The van der Waals surface area contributed by atoms with Crippen LogP contribution in [0, 0.1) is 12.8 Å². The number of aryl methyl sites for hydroxylation is 1. The molecule has 0 radical (unpaired) electrons. The number of hydrogen-bond acceptors (Lipinski definition) is 3. The first-order valence-electron chi connectivity index (χ1n) is 10.9. The van der Waals surface area contributed by atoms with E-state index in [1.54, 1.807) is 24.3 Å². The van der Waals surface area contributed by atoms with Gasteiger partial charge in [-0.15, -0.1) is 0 Å². The van der Waals surface area contributed by atoms with Crippen molar-refractivity contribution in [2.24, 2.45) is 5.92 Å². The molecule has 32 heavy (non-hydrogen) atoms. The summed E-state index contributed by atoms with van der Waals surface area (Å²) in [6, 6.07) is 24.6. The van der Waals surface area contributed by atoms with E-state index in [0.717, 1.165) is 27.6 Å². The fourth-order valence-electron chi connectivity index (χ4n) is 4.94. The third-order valence-corrected chi connectivity index (χ3v) is 8.30. The molecule has 0 spiro atoms. The summed E-state index contributed by atoms with van der Waals surface area (Å²) in [5, 5.41) is 12.5. The van der Waals surface area contributed by atoms with E-state index in [2.05, 4.69) is 17.1 Å². The zero-order valence-electron chi connectivity index (χ0n) is 18.1. The second-order valence-corrected chi connectivity index (χ2v) is 10.2. The van der Waals surface area contributed by atoms with Gasteiger partial charge in [0.2, 0.25) is 0 Å². The van der Waals surface area contributed by atoms with Crippen LogP contribution in [0.2, 0.25) is 0 Å². The Balaban J connectivity index is 1.79. The first kappa shape index (κ1) is 20.8. The number of sulfonamides is 1. The molecule has 0 fully saturated rings. The average molecular weight is 447 g/mol. The highest BCUT2D eigenvalue weighted by Crippen LogP contribution is 2.50. The molecule has 2 heterocycles. The predicted octanol–water partition coefficient (Wildman–Crippen LogP) is 5.16. The van der Waals surface area contributed by atoms with Crippen LogP contribution in [-0.2, 0) is 10.0 Å². The Kier molecular flexibility index (Phi) is 5.07. The summed E-state index contributed by atoms with van der Waals surface area (Å²) in [6.07, 6.45) is -0.573. The van der Waals surface area contributed by atoms with Gasteiger partial charge in [0.25, 0.3) is 10.0 Å². The maximum absolute atomic E-state index is 13.8. The van der Waals surface area contributed by atoms with Crippen LogP contribution in [-0.4, -0.2) is 24.7 Å². The number of rotatable bonds is 4. The van der Waals surface area contributed by atoms with E-state index in [9.17, 15) is 13.5 Å². The van der Waals surface area contributed by atoms with Crippen LogP contribution < -0.4 is 4.31 Å². The van der Waals surface area contributed by atoms with E-state index >= 15 is 0 Å². The number of nitrogens with zero attached hydrogens (tertiary/aromatic N) is 1. The molecule has 6 heteroatoms. The lowest BCUT2D eigenvalue weighted by molar-refractivity contribution is 0.0992. The quantitative estimate of drug-likeness (QED) is 0.455. The number of aliphatic hydroxyl groups excluding tert-OH is 1. The predicted molar refractivity (Wildman–Crippen MR) is 127 cm³/mol. The molecule has 2 N–H and O–H groups in total. The number of benzene rings is 3. The molecule has 4 aromatic rings. The van der Waals surface area contributed by atoms with E-state index in [4.69, 9.17) is 0 Å². The second kappa shape index (κ2) is 7.80. The topological polar surface area (TPSA) is 73.4 Å². The van der Waals surface area contributed by atoms with Crippen molar-refractivity contribution in [3.8, 4) is 0 Å². The van der Waals surface area contributed by atoms with Crippen LogP contribution in [0.5, 0.6) is 0 Å². The van der Waals surface area contributed by atoms with E-state index in [1.807, 2.05) is 56.3 Å². The van der Waals surface area contributed by atoms with Crippen molar-refractivity contribution in [2.45, 2.75) is 37.3 Å². The molecule has 0 amide bonds. The molecule has 5 rings (SSSR count). The van der Waals surface area contributed by atoms with Gasteiger partial charge in [0, 0.05) is 28.3 Å². The van der Waals surface area contributed by atoms with Crippen molar-refractivity contribution in [2.75, 3.05) is 4.31 Å². The number of fused-ring (bicyclic) bond motifs is 3. The summed E-state index contributed by atoms with van der Waals surface area (Å²) < 4.78 is 28.8. The minimum Gasteiger partial charge on any atom is -0.372 e. The Hall–Kier alpha value is -3.09. The highest BCUT2D eigenvalue weighted by atomic mass is 32.2. The molecule has 0 unspecified atom stereocenters. The molecular formula is C26H26N2O3S. The number of nitrogens with one attached hydrogen (secondary N) is 1. The van der Waals surface area contributed by atoms with Crippen molar-refractivity contribution < 1.29 is 13.5 Å².